The van der Waals surface area contributed by atoms with Crippen LogP contribution in [0.15, 0.2) is 41.3 Å². The third kappa shape index (κ3) is 3.89. The smallest absolute Gasteiger partial charge is 0.379 e. The summed E-state index contributed by atoms with van der Waals surface area (Å²) in [5.41, 5.74) is 0.224. The molecule has 4 rings (SSSR count). The summed E-state index contributed by atoms with van der Waals surface area (Å²) in [6.45, 7) is 4.58. The first kappa shape index (κ1) is 20.3. The first-order chi connectivity index (χ1) is 14.2. The van der Waals surface area contributed by atoms with Crippen molar-refractivity contribution in [3.8, 4) is 0 Å². The summed E-state index contributed by atoms with van der Waals surface area (Å²) in [7, 11) is 0. The zero-order valence-corrected chi connectivity index (χ0v) is 16.5. The van der Waals surface area contributed by atoms with Gasteiger partial charge in [-0.1, -0.05) is 12.1 Å². The number of rotatable bonds is 4. The molecule has 1 N–H and O–H groups in total. The van der Waals surface area contributed by atoms with Crippen molar-refractivity contribution in [1.82, 2.24) is 14.8 Å². The molecule has 30 heavy (non-hydrogen) atoms. The number of alkyl halides is 3. The van der Waals surface area contributed by atoms with E-state index in [1.807, 2.05) is 0 Å². The zero-order valence-electron chi connectivity index (χ0n) is 16.5. The van der Waals surface area contributed by atoms with Crippen LogP contribution >= 0.6 is 0 Å². The van der Waals surface area contributed by atoms with Crippen LogP contribution in [0.5, 0.6) is 0 Å². The Hall–Kier alpha value is -2.94. The number of aryl methyl sites for hydroxylation is 1. The molecule has 2 atom stereocenters. The van der Waals surface area contributed by atoms with Crippen LogP contribution < -0.4 is 10.9 Å². The van der Waals surface area contributed by atoms with Crippen molar-refractivity contribution >= 4 is 16.6 Å². The molecule has 1 aromatic carbocycles. The molecule has 0 bridgehead atoms. The van der Waals surface area contributed by atoms with Crippen LogP contribution in [0.1, 0.15) is 42.2 Å². The fourth-order valence-corrected chi connectivity index (χ4v) is 3.67. The highest BCUT2D eigenvalue weighted by Gasteiger charge is 2.30. The number of nitrogens with zero attached hydrogens (tertiary/aromatic N) is 3. The Kier molecular flexibility index (Phi) is 5.23. The molecule has 3 aromatic rings. The molecule has 1 saturated heterocycles. The van der Waals surface area contributed by atoms with Gasteiger partial charge in [-0.15, -0.1) is 5.10 Å². The van der Waals surface area contributed by atoms with Crippen LogP contribution in [0.25, 0.3) is 10.8 Å². The Morgan fingerprint density at radius 1 is 1.23 bits per heavy atom. The van der Waals surface area contributed by atoms with Crippen LogP contribution in [0.4, 0.5) is 19.0 Å². The van der Waals surface area contributed by atoms with E-state index < -0.39 is 17.8 Å². The molecule has 1 fully saturated rings. The number of nitrogens with one attached hydrogen (secondary N) is 1. The molecule has 2 aromatic heterocycles. The van der Waals surface area contributed by atoms with E-state index in [4.69, 9.17) is 4.74 Å². The van der Waals surface area contributed by atoms with Gasteiger partial charge in [0.15, 0.2) is 5.82 Å². The molecule has 3 heterocycles. The Morgan fingerprint density at radius 3 is 2.73 bits per heavy atom. The number of benzene rings is 1. The fourth-order valence-electron chi connectivity index (χ4n) is 3.67. The predicted octanol–water partition coefficient (Wildman–Crippen LogP) is 4.25. The van der Waals surface area contributed by atoms with Gasteiger partial charge in [-0.3, -0.25) is 4.79 Å². The molecule has 0 amide bonds. The van der Waals surface area contributed by atoms with Gasteiger partial charge in [-0.2, -0.15) is 18.3 Å². The van der Waals surface area contributed by atoms with Crippen molar-refractivity contribution in [3.63, 3.8) is 0 Å². The number of hydrogen-bond donors (Lipinski definition) is 1. The highest BCUT2D eigenvalue weighted by Crippen LogP contribution is 2.32. The lowest BCUT2D eigenvalue weighted by Crippen LogP contribution is -2.24. The van der Waals surface area contributed by atoms with Crippen molar-refractivity contribution in [2.24, 2.45) is 0 Å². The minimum Gasteiger partial charge on any atom is -0.379 e. The minimum absolute atomic E-state index is 0.0517. The molecular weight excluding hydrogens is 397 g/mol. The number of halogens is 3. The maximum atomic E-state index is 13.1. The summed E-state index contributed by atoms with van der Waals surface area (Å²) >= 11 is 0. The average molecular weight is 418 g/mol. The quantitative estimate of drug-likeness (QED) is 0.686. The summed E-state index contributed by atoms with van der Waals surface area (Å²) in [6, 6.07) is 6.19. The van der Waals surface area contributed by atoms with Crippen molar-refractivity contribution < 1.29 is 17.9 Å². The SMILES string of the molecule is Cc1nnc(N[C@H](C)c2cccc(C(F)(F)F)c2)c2cn(C3CCOC3)c(=O)cc12. The van der Waals surface area contributed by atoms with Gasteiger partial charge in [-0.25, -0.2) is 0 Å². The van der Waals surface area contributed by atoms with E-state index in [0.29, 0.717) is 41.1 Å². The van der Waals surface area contributed by atoms with Gasteiger partial charge in [0.2, 0.25) is 0 Å². The Labute approximate surface area is 170 Å². The van der Waals surface area contributed by atoms with Crippen LogP contribution in [0, 0.1) is 6.92 Å². The van der Waals surface area contributed by atoms with Gasteiger partial charge < -0.3 is 14.6 Å². The van der Waals surface area contributed by atoms with E-state index >= 15 is 0 Å². The molecule has 0 radical (unpaired) electrons. The van der Waals surface area contributed by atoms with Gasteiger partial charge in [0.25, 0.3) is 5.56 Å². The van der Waals surface area contributed by atoms with E-state index in [2.05, 4.69) is 15.5 Å². The van der Waals surface area contributed by atoms with Crippen molar-refractivity contribution in [2.45, 2.75) is 38.5 Å². The van der Waals surface area contributed by atoms with E-state index in [9.17, 15) is 18.0 Å². The largest absolute Gasteiger partial charge is 0.416 e. The van der Waals surface area contributed by atoms with Crippen molar-refractivity contribution in [1.29, 1.82) is 0 Å². The molecule has 9 heteroatoms. The van der Waals surface area contributed by atoms with Gasteiger partial charge in [0.05, 0.1) is 29.9 Å². The average Bonchev–Trinajstić information content (AvgIpc) is 3.24. The van der Waals surface area contributed by atoms with Crippen LogP contribution in [-0.4, -0.2) is 28.0 Å². The molecule has 0 saturated carbocycles. The third-order valence-electron chi connectivity index (χ3n) is 5.39. The number of anilines is 1. The Balaban J connectivity index is 1.73. The lowest BCUT2D eigenvalue weighted by molar-refractivity contribution is -0.137. The summed E-state index contributed by atoms with van der Waals surface area (Å²) in [5, 5.41) is 12.8. The van der Waals surface area contributed by atoms with Gasteiger partial charge in [-0.05, 0) is 38.0 Å². The summed E-state index contributed by atoms with van der Waals surface area (Å²) in [5.74, 6) is 0.410. The lowest BCUT2D eigenvalue weighted by atomic mass is 10.0. The molecule has 158 valence electrons. The first-order valence-electron chi connectivity index (χ1n) is 9.64. The molecule has 1 unspecified atom stereocenters. The maximum absolute atomic E-state index is 13.1. The topological polar surface area (TPSA) is 69.0 Å². The van der Waals surface area contributed by atoms with Gasteiger partial charge >= 0.3 is 6.18 Å². The predicted molar refractivity (Wildman–Crippen MR) is 106 cm³/mol. The first-order valence-corrected chi connectivity index (χ1v) is 9.64. The summed E-state index contributed by atoms with van der Waals surface area (Å²) in [6.07, 6.45) is -1.93. The van der Waals surface area contributed by atoms with E-state index in [-0.39, 0.29) is 11.6 Å². The normalized spacial score (nSPS) is 18.0. The van der Waals surface area contributed by atoms with Crippen LogP contribution in [-0.2, 0) is 10.9 Å². The second kappa shape index (κ2) is 7.71. The number of ether oxygens (including phenoxy) is 1. The van der Waals surface area contributed by atoms with Gasteiger partial charge in [0, 0.05) is 29.6 Å². The van der Waals surface area contributed by atoms with E-state index in [1.54, 1.807) is 30.7 Å². The number of pyridine rings is 1. The van der Waals surface area contributed by atoms with Crippen molar-refractivity contribution in [3.05, 3.63) is 63.7 Å². The number of fused-ring (bicyclic) bond motifs is 1. The monoisotopic (exact) mass is 418 g/mol. The second-order valence-corrected chi connectivity index (χ2v) is 7.49. The third-order valence-corrected chi connectivity index (χ3v) is 5.39. The van der Waals surface area contributed by atoms with Crippen LogP contribution in [0.3, 0.4) is 0 Å². The molecule has 6 nitrogen and oxygen atoms in total. The molecule has 1 aliphatic rings. The van der Waals surface area contributed by atoms with Gasteiger partial charge in [0.1, 0.15) is 0 Å². The fraction of sp³-hybridized carbons (Fsp3) is 0.381. The number of hydrogen-bond acceptors (Lipinski definition) is 5. The molecule has 1 aliphatic heterocycles. The van der Waals surface area contributed by atoms with E-state index in [0.717, 1.165) is 18.6 Å². The minimum atomic E-state index is -4.41. The Bertz CT molecular complexity index is 1140. The summed E-state index contributed by atoms with van der Waals surface area (Å²) < 4.78 is 46.2. The second-order valence-electron chi connectivity index (χ2n) is 7.49. The molecule has 0 aliphatic carbocycles. The maximum Gasteiger partial charge on any atom is 0.416 e. The van der Waals surface area contributed by atoms with E-state index in [1.165, 1.54) is 12.1 Å². The zero-order chi connectivity index (χ0) is 21.5. The van der Waals surface area contributed by atoms with Crippen molar-refractivity contribution in [2.75, 3.05) is 18.5 Å². The summed E-state index contributed by atoms with van der Waals surface area (Å²) in [4.78, 5) is 12.6. The highest BCUT2D eigenvalue weighted by atomic mass is 19.4. The van der Waals surface area contributed by atoms with Crippen LogP contribution in [0.2, 0.25) is 0 Å². The lowest BCUT2D eigenvalue weighted by Gasteiger charge is -2.19. The standard InChI is InChI=1S/C21H21F3N4O2/c1-12(14-4-3-5-15(8-14)21(22,23)24)25-20-18-10-28(16-6-7-30-11-16)19(29)9-17(18)13(2)26-27-20/h3-5,8-10,12,16H,6-7,11H2,1-2H3,(H,25,27)/t12-,16?/m1/s1. The molecule has 0 spiro atoms. The Morgan fingerprint density at radius 2 is 2.03 bits per heavy atom. The highest BCUT2D eigenvalue weighted by molar-refractivity contribution is 5.92. The molecular formula is C21H21F3N4O2. The number of aromatic nitrogens is 3.